The Labute approximate surface area is 115 Å². The number of nitrogens with zero attached hydrogens (tertiary/aromatic N) is 3. The summed E-state index contributed by atoms with van der Waals surface area (Å²) in [5.74, 6) is -0.257. The monoisotopic (exact) mass is 268 g/mol. The van der Waals surface area contributed by atoms with Gasteiger partial charge in [-0.15, -0.1) is 0 Å². The third-order valence-corrected chi connectivity index (χ3v) is 2.93. The second kappa shape index (κ2) is 5.13. The van der Waals surface area contributed by atoms with Crippen LogP contribution in [0, 0.1) is 5.82 Å². The SMILES string of the molecule is Nc1cn(Cc2cccc(F)c2)nc1-c1ccccn1. The van der Waals surface area contributed by atoms with Gasteiger partial charge in [-0.3, -0.25) is 9.67 Å². The summed E-state index contributed by atoms with van der Waals surface area (Å²) >= 11 is 0. The summed E-state index contributed by atoms with van der Waals surface area (Å²) in [6.07, 6.45) is 3.43. The molecule has 4 nitrogen and oxygen atoms in total. The molecule has 2 aromatic heterocycles. The van der Waals surface area contributed by atoms with Gasteiger partial charge in [0, 0.05) is 12.4 Å². The Morgan fingerprint density at radius 3 is 2.80 bits per heavy atom. The molecule has 2 N–H and O–H groups in total. The predicted molar refractivity (Wildman–Crippen MR) is 75.4 cm³/mol. The third-order valence-electron chi connectivity index (χ3n) is 2.93. The maximum absolute atomic E-state index is 13.2. The number of hydrogen-bond acceptors (Lipinski definition) is 3. The van der Waals surface area contributed by atoms with Crippen LogP contribution in [-0.4, -0.2) is 14.8 Å². The molecule has 1 aromatic carbocycles. The first-order valence-corrected chi connectivity index (χ1v) is 6.21. The number of nitrogens with two attached hydrogens (primary N) is 1. The number of rotatable bonds is 3. The summed E-state index contributed by atoms with van der Waals surface area (Å²) in [5.41, 5.74) is 8.71. The number of nitrogen functional groups attached to an aromatic ring is 1. The molecule has 5 heteroatoms. The summed E-state index contributed by atoms with van der Waals surface area (Å²) < 4.78 is 14.8. The van der Waals surface area contributed by atoms with Gasteiger partial charge in [0.2, 0.25) is 0 Å². The van der Waals surface area contributed by atoms with E-state index in [4.69, 9.17) is 5.73 Å². The first-order chi connectivity index (χ1) is 9.72. The maximum atomic E-state index is 13.2. The van der Waals surface area contributed by atoms with E-state index in [-0.39, 0.29) is 5.82 Å². The van der Waals surface area contributed by atoms with Crippen LogP contribution in [0.4, 0.5) is 10.1 Å². The Kier molecular flexibility index (Phi) is 3.16. The fraction of sp³-hybridized carbons (Fsp3) is 0.0667. The van der Waals surface area contributed by atoms with Crippen LogP contribution < -0.4 is 5.73 Å². The van der Waals surface area contributed by atoms with E-state index in [0.29, 0.717) is 17.9 Å². The molecule has 0 spiro atoms. The van der Waals surface area contributed by atoms with Gasteiger partial charge in [0.1, 0.15) is 11.5 Å². The quantitative estimate of drug-likeness (QED) is 0.794. The van der Waals surface area contributed by atoms with Gasteiger partial charge in [-0.1, -0.05) is 18.2 Å². The van der Waals surface area contributed by atoms with Crippen molar-refractivity contribution in [2.75, 3.05) is 5.73 Å². The van der Waals surface area contributed by atoms with Crippen LogP contribution in [-0.2, 0) is 6.54 Å². The highest BCUT2D eigenvalue weighted by Gasteiger charge is 2.09. The maximum Gasteiger partial charge on any atom is 0.134 e. The predicted octanol–water partition coefficient (Wildman–Crippen LogP) is 2.71. The normalized spacial score (nSPS) is 10.7. The first-order valence-electron chi connectivity index (χ1n) is 6.21. The molecule has 0 radical (unpaired) electrons. The number of hydrogen-bond donors (Lipinski definition) is 1. The Hall–Kier alpha value is -2.69. The van der Waals surface area contributed by atoms with Crippen molar-refractivity contribution < 1.29 is 4.39 Å². The number of anilines is 1. The minimum Gasteiger partial charge on any atom is -0.396 e. The topological polar surface area (TPSA) is 56.7 Å². The van der Waals surface area contributed by atoms with Gasteiger partial charge in [-0.2, -0.15) is 5.10 Å². The molecule has 0 saturated carbocycles. The first kappa shape index (κ1) is 12.3. The van der Waals surface area contributed by atoms with Gasteiger partial charge < -0.3 is 5.73 Å². The van der Waals surface area contributed by atoms with Crippen molar-refractivity contribution in [1.29, 1.82) is 0 Å². The van der Waals surface area contributed by atoms with E-state index >= 15 is 0 Å². The van der Waals surface area contributed by atoms with E-state index in [0.717, 1.165) is 11.3 Å². The average Bonchev–Trinajstić information content (AvgIpc) is 2.80. The Balaban J connectivity index is 1.90. The van der Waals surface area contributed by atoms with Crippen LogP contribution in [0.5, 0.6) is 0 Å². The van der Waals surface area contributed by atoms with E-state index < -0.39 is 0 Å². The van der Waals surface area contributed by atoms with Crippen molar-refractivity contribution in [2.24, 2.45) is 0 Å². The van der Waals surface area contributed by atoms with Crippen molar-refractivity contribution in [3.63, 3.8) is 0 Å². The molecule has 0 aliphatic heterocycles. The van der Waals surface area contributed by atoms with Gasteiger partial charge in [-0.05, 0) is 29.8 Å². The zero-order chi connectivity index (χ0) is 13.9. The molecule has 3 rings (SSSR count). The van der Waals surface area contributed by atoms with Crippen molar-refractivity contribution in [1.82, 2.24) is 14.8 Å². The van der Waals surface area contributed by atoms with Gasteiger partial charge in [-0.25, -0.2) is 4.39 Å². The van der Waals surface area contributed by atoms with Gasteiger partial charge >= 0.3 is 0 Å². The molecule has 0 atom stereocenters. The van der Waals surface area contributed by atoms with Crippen LogP contribution in [0.25, 0.3) is 11.4 Å². The molecule has 0 saturated heterocycles. The number of benzene rings is 1. The lowest BCUT2D eigenvalue weighted by Crippen LogP contribution is -2.00. The minimum absolute atomic E-state index is 0.257. The molecule has 0 aliphatic rings. The Bertz CT molecular complexity index is 722. The lowest BCUT2D eigenvalue weighted by molar-refractivity contribution is 0.619. The van der Waals surface area contributed by atoms with E-state index in [1.54, 1.807) is 23.1 Å². The molecule has 0 amide bonds. The van der Waals surface area contributed by atoms with Crippen LogP contribution in [0.1, 0.15) is 5.56 Å². The molecule has 0 unspecified atom stereocenters. The Morgan fingerprint density at radius 2 is 2.05 bits per heavy atom. The smallest absolute Gasteiger partial charge is 0.134 e. The van der Waals surface area contributed by atoms with Crippen LogP contribution >= 0.6 is 0 Å². The van der Waals surface area contributed by atoms with Gasteiger partial charge in [0.25, 0.3) is 0 Å². The van der Waals surface area contributed by atoms with Crippen molar-refractivity contribution >= 4 is 5.69 Å². The largest absolute Gasteiger partial charge is 0.396 e. The molecular formula is C15H13FN4. The zero-order valence-corrected chi connectivity index (χ0v) is 10.7. The molecule has 0 fully saturated rings. The van der Waals surface area contributed by atoms with Crippen LogP contribution in [0.2, 0.25) is 0 Å². The fourth-order valence-electron chi connectivity index (χ4n) is 2.04. The summed E-state index contributed by atoms with van der Waals surface area (Å²) in [7, 11) is 0. The van der Waals surface area contributed by atoms with Gasteiger partial charge in [0.05, 0.1) is 17.9 Å². The minimum atomic E-state index is -0.257. The second-order valence-corrected chi connectivity index (χ2v) is 4.48. The van der Waals surface area contributed by atoms with Crippen molar-refractivity contribution in [3.05, 3.63) is 66.2 Å². The van der Waals surface area contributed by atoms with Crippen LogP contribution in [0.15, 0.2) is 54.9 Å². The van der Waals surface area contributed by atoms with Crippen LogP contribution in [0.3, 0.4) is 0 Å². The molecule has 0 aliphatic carbocycles. The molecule has 100 valence electrons. The van der Waals surface area contributed by atoms with E-state index in [1.165, 1.54) is 12.1 Å². The summed E-state index contributed by atoms with van der Waals surface area (Å²) in [6.45, 7) is 0.467. The highest BCUT2D eigenvalue weighted by molar-refractivity contribution is 5.68. The number of pyridine rings is 1. The van der Waals surface area contributed by atoms with Gasteiger partial charge in [0.15, 0.2) is 0 Å². The van der Waals surface area contributed by atoms with E-state index in [9.17, 15) is 4.39 Å². The zero-order valence-electron chi connectivity index (χ0n) is 10.7. The molecule has 0 bridgehead atoms. The van der Waals surface area contributed by atoms with E-state index in [2.05, 4.69) is 10.1 Å². The number of aromatic nitrogens is 3. The molecule has 2 heterocycles. The lowest BCUT2D eigenvalue weighted by atomic mass is 10.2. The highest BCUT2D eigenvalue weighted by Crippen LogP contribution is 2.21. The summed E-state index contributed by atoms with van der Waals surface area (Å²) in [4.78, 5) is 4.23. The lowest BCUT2D eigenvalue weighted by Gasteiger charge is -2.01. The molecule has 20 heavy (non-hydrogen) atoms. The Morgan fingerprint density at radius 1 is 1.15 bits per heavy atom. The standard InChI is InChI=1S/C15H13FN4/c16-12-5-3-4-11(8-12)9-20-10-13(17)15(19-20)14-6-1-2-7-18-14/h1-8,10H,9,17H2. The molecule has 3 aromatic rings. The summed E-state index contributed by atoms with van der Waals surface area (Å²) in [6, 6.07) is 12.0. The van der Waals surface area contributed by atoms with Crippen molar-refractivity contribution in [3.8, 4) is 11.4 Å². The average molecular weight is 268 g/mol. The highest BCUT2D eigenvalue weighted by atomic mass is 19.1. The van der Waals surface area contributed by atoms with Crippen molar-refractivity contribution in [2.45, 2.75) is 6.54 Å². The fourth-order valence-corrected chi connectivity index (χ4v) is 2.04. The summed E-state index contributed by atoms with van der Waals surface area (Å²) in [5, 5.41) is 4.41. The second-order valence-electron chi connectivity index (χ2n) is 4.48. The number of halogens is 1. The molecular weight excluding hydrogens is 255 g/mol. The third kappa shape index (κ3) is 2.51. The van der Waals surface area contributed by atoms with E-state index in [1.807, 2.05) is 24.3 Å².